The van der Waals surface area contributed by atoms with E-state index in [0.717, 1.165) is 31.4 Å². The van der Waals surface area contributed by atoms with Gasteiger partial charge in [0.2, 0.25) is 0 Å². The van der Waals surface area contributed by atoms with E-state index >= 15 is 0 Å². The highest BCUT2D eigenvalue weighted by Gasteiger charge is 2.40. The Morgan fingerprint density at radius 3 is 2.25 bits per heavy atom. The van der Waals surface area contributed by atoms with Crippen molar-refractivity contribution in [3.63, 3.8) is 0 Å². The van der Waals surface area contributed by atoms with E-state index in [-0.39, 0.29) is 0 Å². The molecule has 0 aromatic heterocycles. The molecule has 0 spiro atoms. The summed E-state index contributed by atoms with van der Waals surface area (Å²) in [5.74, 6) is 1.94. The predicted octanol–water partition coefficient (Wildman–Crippen LogP) is 3.95. The molecule has 0 unspecified atom stereocenters. The van der Waals surface area contributed by atoms with Crippen molar-refractivity contribution in [3.05, 3.63) is 29.8 Å². The maximum absolute atomic E-state index is 2.43. The maximum atomic E-state index is 2.43. The Bertz CT molecular complexity index is 423. The van der Waals surface area contributed by atoms with Crippen molar-refractivity contribution in [1.82, 2.24) is 4.90 Å². The quantitative estimate of drug-likeness (QED) is 0.748. The fourth-order valence-electron chi connectivity index (χ4n) is 4.59. The Labute approximate surface area is 124 Å². The van der Waals surface area contributed by atoms with Gasteiger partial charge in [-0.2, -0.15) is 0 Å². The van der Waals surface area contributed by atoms with Crippen LogP contribution in [0.4, 0.5) is 0 Å². The first-order valence-electron chi connectivity index (χ1n) is 8.56. The van der Waals surface area contributed by atoms with Crippen molar-refractivity contribution in [1.29, 1.82) is 0 Å². The summed E-state index contributed by atoms with van der Waals surface area (Å²) in [6.07, 6.45) is 8.84. The van der Waals surface area contributed by atoms with Gasteiger partial charge in [-0.15, -0.1) is 0 Å². The van der Waals surface area contributed by atoms with Gasteiger partial charge < -0.3 is 4.90 Å². The Kier molecular flexibility index (Phi) is 4.50. The molecule has 2 aliphatic rings. The molecule has 20 heavy (non-hydrogen) atoms. The highest BCUT2D eigenvalue weighted by molar-refractivity contribution is 6.76. The first-order chi connectivity index (χ1) is 9.79. The summed E-state index contributed by atoms with van der Waals surface area (Å²) in [7, 11) is 2.23. The monoisotopic (exact) mass is 269 g/mol. The highest BCUT2D eigenvalue weighted by atomic mass is 15.1. The van der Waals surface area contributed by atoms with Crippen molar-refractivity contribution in [3.8, 4) is 0 Å². The molecule has 2 saturated heterocycles. The van der Waals surface area contributed by atoms with Gasteiger partial charge in [0.05, 0.1) is 0 Å². The van der Waals surface area contributed by atoms with Gasteiger partial charge in [0.15, 0.2) is 6.71 Å². The zero-order chi connectivity index (χ0) is 13.9. The van der Waals surface area contributed by atoms with Gasteiger partial charge in [0.25, 0.3) is 0 Å². The first-order valence-corrected chi connectivity index (χ1v) is 8.56. The van der Waals surface area contributed by atoms with E-state index in [1.54, 1.807) is 11.0 Å². The van der Waals surface area contributed by atoms with E-state index in [0.29, 0.717) is 0 Å². The zero-order valence-electron chi connectivity index (χ0n) is 13.1. The van der Waals surface area contributed by atoms with Crippen LogP contribution in [0.1, 0.15) is 51.0 Å². The standard InChI is InChI=1S/C18H28BN/c1-3-20(2)14-15-8-4-5-13-18(15)19-16-9-6-10-17(19)12-7-11-16/h4-5,8,13,16-17H,3,6-7,9-12,14H2,1-2H3. The smallest absolute Gasteiger partial charge is 0.182 e. The Morgan fingerprint density at radius 1 is 1.05 bits per heavy atom. The molecule has 2 heteroatoms. The lowest BCUT2D eigenvalue weighted by molar-refractivity contribution is 0.346. The van der Waals surface area contributed by atoms with Crippen LogP contribution in [-0.2, 0) is 6.54 Å². The fraction of sp³-hybridized carbons (Fsp3) is 0.667. The van der Waals surface area contributed by atoms with Crippen LogP contribution < -0.4 is 5.46 Å². The fourth-order valence-corrected chi connectivity index (χ4v) is 4.59. The van der Waals surface area contributed by atoms with Gasteiger partial charge in [0.1, 0.15) is 0 Å². The Hall–Kier alpha value is -0.755. The lowest BCUT2D eigenvalue weighted by Gasteiger charge is -2.41. The second-order valence-corrected chi connectivity index (χ2v) is 6.94. The molecule has 0 amide bonds. The van der Waals surface area contributed by atoms with Crippen LogP contribution in [0, 0.1) is 0 Å². The zero-order valence-corrected chi connectivity index (χ0v) is 13.1. The topological polar surface area (TPSA) is 3.24 Å². The predicted molar refractivity (Wildman–Crippen MR) is 89.0 cm³/mol. The minimum absolute atomic E-state index is 0.860. The summed E-state index contributed by atoms with van der Waals surface area (Å²) < 4.78 is 0. The molecule has 0 atom stereocenters. The molecule has 108 valence electrons. The first kappa shape index (κ1) is 14.2. The van der Waals surface area contributed by atoms with Crippen LogP contribution >= 0.6 is 0 Å². The highest BCUT2D eigenvalue weighted by Crippen LogP contribution is 2.46. The van der Waals surface area contributed by atoms with Gasteiger partial charge in [-0.3, -0.25) is 0 Å². The molecule has 1 aromatic carbocycles. The maximum Gasteiger partial charge on any atom is 0.182 e. The normalized spacial score (nSPS) is 26.1. The number of fused-ring (bicyclic) bond motifs is 2. The SMILES string of the molecule is CCN(C)Cc1ccccc1B1C2CCCC1CCC2. The van der Waals surface area contributed by atoms with Crippen LogP contribution in [-0.4, -0.2) is 25.2 Å². The number of nitrogens with zero attached hydrogens (tertiary/aromatic N) is 1. The van der Waals surface area contributed by atoms with Crippen LogP contribution in [0.15, 0.2) is 24.3 Å². The van der Waals surface area contributed by atoms with E-state index in [9.17, 15) is 0 Å². The van der Waals surface area contributed by atoms with E-state index < -0.39 is 0 Å². The lowest BCUT2D eigenvalue weighted by atomic mass is 9.24. The molecule has 2 fully saturated rings. The van der Waals surface area contributed by atoms with Gasteiger partial charge in [-0.05, 0) is 19.2 Å². The molecule has 2 heterocycles. The molecule has 1 aromatic rings. The lowest BCUT2D eigenvalue weighted by Crippen LogP contribution is -2.46. The molecule has 0 N–H and O–H groups in total. The summed E-state index contributed by atoms with van der Waals surface area (Å²) in [5, 5.41) is 0. The number of benzene rings is 1. The van der Waals surface area contributed by atoms with Gasteiger partial charge in [-0.1, -0.05) is 86.8 Å². The molecule has 0 saturated carbocycles. The molecular formula is C18H28BN. The number of rotatable bonds is 4. The second-order valence-electron chi connectivity index (χ2n) is 6.94. The molecule has 0 radical (unpaired) electrons. The van der Waals surface area contributed by atoms with Crippen molar-refractivity contribution in [2.45, 2.75) is 63.6 Å². The summed E-state index contributed by atoms with van der Waals surface area (Å²) in [5.41, 5.74) is 3.27. The van der Waals surface area contributed by atoms with E-state index in [4.69, 9.17) is 0 Å². The van der Waals surface area contributed by atoms with Crippen LogP contribution in [0.3, 0.4) is 0 Å². The van der Waals surface area contributed by atoms with E-state index in [1.165, 1.54) is 38.5 Å². The average molecular weight is 269 g/mol. The molecule has 3 rings (SSSR count). The van der Waals surface area contributed by atoms with Crippen molar-refractivity contribution < 1.29 is 0 Å². The third-order valence-corrected chi connectivity index (χ3v) is 5.71. The Morgan fingerprint density at radius 2 is 1.65 bits per heavy atom. The number of hydrogen-bond acceptors (Lipinski definition) is 1. The Balaban J connectivity index is 1.89. The molecule has 1 nitrogen and oxygen atoms in total. The summed E-state index contributed by atoms with van der Waals surface area (Å²) in [6.45, 7) is 5.35. The summed E-state index contributed by atoms with van der Waals surface area (Å²) in [6, 6.07) is 9.28. The molecule has 0 aliphatic carbocycles. The minimum Gasteiger partial charge on any atom is -0.302 e. The molecule has 2 bridgehead atoms. The van der Waals surface area contributed by atoms with Gasteiger partial charge in [-0.25, -0.2) is 0 Å². The second kappa shape index (κ2) is 6.34. The van der Waals surface area contributed by atoms with E-state index in [2.05, 4.69) is 43.1 Å². The van der Waals surface area contributed by atoms with Gasteiger partial charge >= 0.3 is 0 Å². The van der Waals surface area contributed by atoms with Crippen molar-refractivity contribution >= 4 is 12.2 Å². The summed E-state index contributed by atoms with van der Waals surface area (Å²) >= 11 is 0. The van der Waals surface area contributed by atoms with Crippen molar-refractivity contribution in [2.75, 3.05) is 13.6 Å². The van der Waals surface area contributed by atoms with Crippen LogP contribution in [0.25, 0.3) is 0 Å². The molecular weight excluding hydrogens is 241 g/mol. The van der Waals surface area contributed by atoms with Crippen molar-refractivity contribution in [2.24, 2.45) is 0 Å². The van der Waals surface area contributed by atoms with E-state index in [1.807, 2.05) is 0 Å². The minimum atomic E-state index is 0.860. The molecule has 2 aliphatic heterocycles. The average Bonchev–Trinajstić information content (AvgIpc) is 2.47. The third kappa shape index (κ3) is 2.81. The van der Waals surface area contributed by atoms with Crippen LogP contribution in [0.2, 0.25) is 11.6 Å². The van der Waals surface area contributed by atoms with Gasteiger partial charge in [0, 0.05) is 6.54 Å². The summed E-state index contributed by atoms with van der Waals surface area (Å²) in [4.78, 5) is 2.43. The third-order valence-electron chi connectivity index (χ3n) is 5.71. The number of hydrogen-bond donors (Lipinski definition) is 0. The largest absolute Gasteiger partial charge is 0.302 e. The van der Waals surface area contributed by atoms with Crippen LogP contribution in [0.5, 0.6) is 0 Å².